The standard InChI is InChI=1S/C11H13F2NO2/c1-6-2-10(13)8(4-9(6)12)7(5-14)3-11(15)16/h2,4,7H,3,5,14H2,1H3,(H,15,16). The average molecular weight is 229 g/mol. The molecule has 0 saturated carbocycles. The van der Waals surface area contributed by atoms with Crippen LogP contribution in [0.3, 0.4) is 0 Å². The summed E-state index contributed by atoms with van der Waals surface area (Å²) in [4.78, 5) is 10.5. The monoisotopic (exact) mass is 229 g/mol. The summed E-state index contributed by atoms with van der Waals surface area (Å²) in [5.74, 6) is -2.96. The van der Waals surface area contributed by atoms with Gasteiger partial charge in [0.2, 0.25) is 0 Å². The molecule has 1 rings (SSSR count). The molecule has 3 nitrogen and oxygen atoms in total. The molecule has 0 heterocycles. The molecule has 0 amide bonds. The molecular formula is C11H13F2NO2. The highest BCUT2D eigenvalue weighted by Crippen LogP contribution is 2.24. The SMILES string of the molecule is Cc1cc(F)c(C(CN)CC(=O)O)cc1F. The molecule has 0 bridgehead atoms. The molecule has 1 aromatic carbocycles. The average Bonchev–Trinajstić information content (AvgIpc) is 2.20. The summed E-state index contributed by atoms with van der Waals surface area (Å²) in [6.07, 6.45) is -0.310. The van der Waals surface area contributed by atoms with Crippen molar-refractivity contribution in [1.82, 2.24) is 0 Å². The Morgan fingerprint density at radius 3 is 2.56 bits per heavy atom. The summed E-state index contributed by atoms with van der Waals surface area (Å²) in [7, 11) is 0. The minimum absolute atomic E-state index is 0.0213. The third-order valence-electron chi connectivity index (χ3n) is 2.42. The first-order chi connectivity index (χ1) is 7.45. The summed E-state index contributed by atoms with van der Waals surface area (Å²) in [5, 5.41) is 8.62. The second-order valence-electron chi connectivity index (χ2n) is 3.65. The van der Waals surface area contributed by atoms with Gasteiger partial charge in [0.15, 0.2) is 0 Å². The Labute approximate surface area is 91.9 Å². The molecule has 1 aromatic rings. The second-order valence-corrected chi connectivity index (χ2v) is 3.65. The Bertz CT molecular complexity index is 407. The molecule has 0 aliphatic carbocycles. The van der Waals surface area contributed by atoms with Crippen molar-refractivity contribution < 1.29 is 18.7 Å². The first-order valence-electron chi connectivity index (χ1n) is 4.83. The second kappa shape index (κ2) is 5.03. The fourth-order valence-electron chi connectivity index (χ4n) is 1.51. The smallest absolute Gasteiger partial charge is 0.304 e. The first kappa shape index (κ1) is 12.6. The molecule has 3 N–H and O–H groups in total. The van der Waals surface area contributed by atoms with Gasteiger partial charge in [-0.05, 0) is 36.7 Å². The van der Waals surface area contributed by atoms with Crippen molar-refractivity contribution in [2.75, 3.05) is 6.54 Å². The molecule has 0 radical (unpaired) electrons. The van der Waals surface area contributed by atoms with Crippen LogP contribution in [-0.2, 0) is 4.79 Å². The zero-order valence-electron chi connectivity index (χ0n) is 8.84. The largest absolute Gasteiger partial charge is 0.481 e. The minimum Gasteiger partial charge on any atom is -0.481 e. The van der Waals surface area contributed by atoms with Gasteiger partial charge >= 0.3 is 5.97 Å². The number of aliphatic carboxylic acids is 1. The van der Waals surface area contributed by atoms with Crippen molar-refractivity contribution >= 4 is 5.97 Å². The Morgan fingerprint density at radius 1 is 1.44 bits per heavy atom. The van der Waals surface area contributed by atoms with Gasteiger partial charge in [0.1, 0.15) is 11.6 Å². The van der Waals surface area contributed by atoms with Gasteiger partial charge < -0.3 is 10.8 Å². The third kappa shape index (κ3) is 2.76. The van der Waals surface area contributed by atoms with Crippen molar-refractivity contribution in [3.05, 3.63) is 34.9 Å². The number of hydrogen-bond acceptors (Lipinski definition) is 2. The van der Waals surface area contributed by atoms with Crippen LogP contribution in [0.5, 0.6) is 0 Å². The lowest BCUT2D eigenvalue weighted by atomic mass is 9.94. The maximum absolute atomic E-state index is 13.5. The number of carboxylic acid groups (broad SMARTS) is 1. The summed E-state index contributed by atoms with van der Waals surface area (Å²) < 4.78 is 26.7. The van der Waals surface area contributed by atoms with E-state index < -0.39 is 23.5 Å². The molecule has 1 unspecified atom stereocenters. The van der Waals surface area contributed by atoms with E-state index in [4.69, 9.17) is 10.8 Å². The molecule has 0 spiro atoms. The highest BCUT2D eigenvalue weighted by molar-refractivity contribution is 5.68. The number of nitrogens with two attached hydrogens (primary N) is 1. The zero-order valence-corrected chi connectivity index (χ0v) is 8.84. The molecule has 0 saturated heterocycles. The van der Waals surface area contributed by atoms with E-state index in [0.717, 1.165) is 12.1 Å². The fourth-order valence-corrected chi connectivity index (χ4v) is 1.51. The van der Waals surface area contributed by atoms with E-state index in [1.165, 1.54) is 6.92 Å². The number of carboxylic acids is 1. The lowest BCUT2D eigenvalue weighted by Crippen LogP contribution is -2.18. The Balaban J connectivity index is 3.09. The normalized spacial score (nSPS) is 12.5. The van der Waals surface area contributed by atoms with Gasteiger partial charge in [0.05, 0.1) is 6.42 Å². The van der Waals surface area contributed by atoms with Crippen LogP contribution in [0.25, 0.3) is 0 Å². The van der Waals surface area contributed by atoms with Gasteiger partial charge in [-0.3, -0.25) is 4.79 Å². The highest BCUT2D eigenvalue weighted by Gasteiger charge is 2.19. The van der Waals surface area contributed by atoms with Crippen LogP contribution in [0, 0.1) is 18.6 Å². The van der Waals surface area contributed by atoms with Gasteiger partial charge in [0.25, 0.3) is 0 Å². The van der Waals surface area contributed by atoms with Gasteiger partial charge in [0, 0.05) is 5.92 Å². The summed E-state index contributed by atoms with van der Waals surface area (Å²) in [6.45, 7) is 1.41. The maximum Gasteiger partial charge on any atom is 0.304 e. The third-order valence-corrected chi connectivity index (χ3v) is 2.42. The van der Waals surface area contributed by atoms with Crippen LogP contribution >= 0.6 is 0 Å². The van der Waals surface area contributed by atoms with Crippen molar-refractivity contribution in [2.45, 2.75) is 19.3 Å². The van der Waals surface area contributed by atoms with Crippen LogP contribution in [0.4, 0.5) is 8.78 Å². The first-order valence-corrected chi connectivity index (χ1v) is 4.83. The predicted octanol–water partition coefficient (Wildman–Crippen LogP) is 1.79. The Morgan fingerprint density at radius 2 is 2.06 bits per heavy atom. The van der Waals surface area contributed by atoms with Crippen LogP contribution in [0.15, 0.2) is 12.1 Å². The van der Waals surface area contributed by atoms with Crippen LogP contribution < -0.4 is 5.73 Å². The van der Waals surface area contributed by atoms with E-state index in [-0.39, 0.29) is 24.1 Å². The van der Waals surface area contributed by atoms with E-state index in [0.29, 0.717) is 0 Å². The molecule has 1 atom stereocenters. The highest BCUT2D eigenvalue weighted by atomic mass is 19.1. The lowest BCUT2D eigenvalue weighted by Gasteiger charge is -2.14. The predicted molar refractivity (Wildman–Crippen MR) is 55.1 cm³/mol. The van der Waals surface area contributed by atoms with Crippen LogP contribution in [0.2, 0.25) is 0 Å². The van der Waals surface area contributed by atoms with E-state index >= 15 is 0 Å². The molecule has 16 heavy (non-hydrogen) atoms. The summed E-state index contributed by atoms with van der Waals surface area (Å²) >= 11 is 0. The van der Waals surface area contributed by atoms with Gasteiger partial charge in [-0.2, -0.15) is 0 Å². The van der Waals surface area contributed by atoms with Crippen molar-refractivity contribution in [2.24, 2.45) is 5.73 Å². The summed E-state index contributed by atoms with van der Waals surface area (Å²) in [5.41, 5.74) is 5.57. The maximum atomic E-state index is 13.5. The lowest BCUT2D eigenvalue weighted by molar-refractivity contribution is -0.137. The number of hydrogen-bond donors (Lipinski definition) is 2. The van der Waals surface area contributed by atoms with Crippen molar-refractivity contribution in [3.8, 4) is 0 Å². The summed E-state index contributed by atoms with van der Waals surface area (Å²) in [6, 6.07) is 2.07. The van der Waals surface area contributed by atoms with Crippen molar-refractivity contribution in [1.29, 1.82) is 0 Å². The molecule has 0 aromatic heterocycles. The van der Waals surface area contributed by atoms with Gasteiger partial charge in [-0.1, -0.05) is 0 Å². The minimum atomic E-state index is -1.09. The molecular weight excluding hydrogens is 216 g/mol. The number of benzene rings is 1. The fraction of sp³-hybridized carbons (Fsp3) is 0.364. The van der Waals surface area contributed by atoms with Gasteiger partial charge in [-0.15, -0.1) is 0 Å². The number of aryl methyl sites for hydroxylation is 1. The van der Waals surface area contributed by atoms with Gasteiger partial charge in [-0.25, -0.2) is 8.78 Å². The molecule has 0 fully saturated rings. The van der Waals surface area contributed by atoms with Crippen LogP contribution in [0.1, 0.15) is 23.5 Å². The van der Waals surface area contributed by atoms with Crippen LogP contribution in [-0.4, -0.2) is 17.6 Å². The van der Waals surface area contributed by atoms with E-state index in [9.17, 15) is 13.6 Å². The number of rotatable bonds is 4. The van der Waals surface area contributed by atoms with E-state index in [1.807, 2.05) is 0 Å². The quantitative estimate of drug-likeness (QED) is 0.827. The van der Waals surface area contributed by atoms with E-state index in [2.05, 4.69) is 0 Å². The molecule has 88 valence electrons. The molecule has 0 aliphatic heterocycles. The number of halogens is 2. The number of carbonyl (C=O) groups is 1. The Hall–Kier alpha value is -1.49. The van der Waals surface area contributed by atoms with E-state index in [1.54, 1.807) is 0 Å². The molecule has 5 heteroatoms. The van der Waals surface area contributed by atoms with Crippen molar-refractivity contribution in [3.63, 3.8) is 0 Å². The topological polar surface area (TPSA) is 63.3 Å². The Kier molecular flexibility index (Phi) is 3.95. The molecule has 0 aliphatic rings. The zero-order chi connectivity index (χ0) is 12.3.